The molecule has 11 nitrogen and oxygen atoms in total. The molecule has 2 aromatic carbocycles. The lowest BCUT2D eigenvalue weighted by molar-refractivity contribution is -0.137. The Morgan fingerprint density at radius 1 is 1.19 bits per heavy atom. The number of anilines is 2. The molecule has 5 rings (SSSR count). The van der Waals surface area contributed by atoms with Gasteiger partial charge in [0.1, 0.15) is 35.6 Å². The Morgan fingerprint density at radius 3 is 2.67 bits per heavy atom. The van der Waals surface area contributed by atoms with E-state index in [-0.39, 0.29) is 49.0 Å². The summed E-state index contributed by atoms with van der Waals surface area (Å²) in [6.45, 7) is -0.167. The quantitative estimate of drug-likeness (QED) is 0.355. The second-order valence-electron chi connectivity index (χ2n) is 8.43. The van der Waals surface area contributed by atoms with Crippen LogP contribution in [0.3, 0.4) is 0 Å². The van der Waals surface area contributed by atoms with E-state index in [1.807, 2.05) is 0 Å². The number of imide groups is 1. The Kier molecular flexibility index (Phi) is 5.66. The summed E-state index contributed by atoms with van der Waals surface area (Å²) in [5, 5.41) is 12.6. The molecule has 3 aromatic rings. The van der Waals surface area contributed by atoms with Crippen molar-refractivity contribution >= 4 is 35.0 Å². The molecule has 1 fully saturated rings. The number of piperidine rings is 1. The van der Waals surface area contributed by atoms with Crippen molar-refractivity contribution in [2.24, 2.45) is 0 Å². The summed E-state index contributed by atoms with van der Waals surface area (Å²) in [6, 6.07) is 6.11. The Morgan fingerprint density at radius 2 is 1.94 bits per heavy atom. The highest BCUT2D eigenvalue weighted by Gasteiger charge is 2.40. The van der Waals surface area contributed by atoms with Gasteiger partial charge >= 0.3 is 0 Å². The zero-order chi connectivity index (χ0) is 25.6. The van der Waals surface area contributed by atoms with Gasteiger partial charge in [-0.2, -0.15) is 0 Å². The fourth-order valence-electron chi connectivity index (χ4n) is 4.28. The highest BCUT2D eigenvalue weighted by atomic mass is 19.1. The molecule has 13 heteroatoms. The highest BCUT2D eigenvalue weighted by Crippen LogP contribution is 2.32. The number of carbonyl (C=O) groups is 4. The molecule has 1 saturated heterocycles. The molecule has 1 atom stereocenters. The molecule has 4 amide bonds. The maximum absolute atomic E-state index is 13.8. The first-order valence-electron chi connectivity index (χ1n) is 10.9. The van der Waals surface area contributed by atoms with Crippen molar-refractivity contribution in [2.75, 3.05) is 11.1 Å². The van der Waals surface area contributed by atoms with E-state index < -0.39 is 35.2 Å². The molecule has 1 unspecified atom stereocenters. The van der Waals surface area contributed by atoms with Gasteiger partial charge < -0.3 is 16.0 Å². The number of rotatable bonds is 5. The average molecular weight is 495 g/mol. The van der Waals surface area contributed by atoms with Crippen molar-refractivity contribution in [1.29, 1.82) is 0 Å². The van der Waals surface area contributed by atoms with Gasteiger partial charge in [-0.15, -0.1) is 5.10 Å². The summed E-state index contributed by atoms with van der Waals surface area (Å²) >= 11 is 0. The van der Waals surface area contributed by atoms with Gasteiger partial charge in [-0.25, -0.2) is 13.5 Å². The van der Waals surface area contributed by atoms with E-state index in [1.165, 1.54) is 15.8 Å². The SMILES string of the molecule is Nc1c(F)cc(-c2cn(CC(=O)Nc3cccc4c3CN(C3CCC(=O)NC3=O)C4=O)nn2)cc1F. The van der Waals surface area contributed by atoms with Gasteiger partial charge in [0.2, 0.25) is 17.7 Å². The number of aromatic nitrogens is 3. The number of hydrogen-bond acceptors (Lipinski definition) is 7. The zero-order valence-electron chi connectivity index (χ0n) is 18.6. The minimum absolute atomic E-state index is 0.0959. The summed E-state index contributed by atoms with van der Waals surface area (Å²) in [6.07, 6.45) is 1.71. The van der Waals surface area contributed by atoms with E-state index >= 15 is 0 Å². The fraction of sp³-hybridized carbons (Fsp3) is 0.217. The molecule has 0 spiro atoms. The summed E-state index contributed by atoms with van der Waals surface area (Å²) in [4.78, 5) is 50.7. The van der Waals surface area contributed by atoms with Gasteiger partial charge in [0.05, 0.1) is 6.20 Å². The number of nitrogens with zero attached hydrogens (tertiary/aromatic N) is 4. The number of carbonyl (C=O) groups excluding carboxylic acids is 4. The third kappa shape index (κ3) is 4.15. The molecule has 2 aliphatic heterocycles. The van der Waals surface area contributed by atoms with Crippen molar-refractivity contribution in [3.63, 3.8) is 0 Å². The highest BCUT2D eigenvalue weighted by molar-refractivity contribution is 6.06. The van der Waals surface area contributed by atoms with Crippen LogP contribution in [0.2, 0.25) is 0 Å². The number of nitrogens with two attached hydrogens (primary N) is 1. The fourth-order valence-corrected chi connectivity index (χ4v) is 4.28. The van der Waals surface area contributed by atoms with Gasteiger partial charge in [0.25, 0.3) is 5.91 Å². The Hall–Kier alpha value is -4.68. The third-order valence-corrected chi connectivity index (χ3v) is 6.08. The maximum Gasteiger partial charge on any atom is 0.255 e. The maximum atomic E-state index is 13.8. The van der Waals surface area contributed by atoms with Crippen LogP contribution in [0.1, 0.15) is 28.8 Å². The number of nitrogens with one attached hydrogen (secondary N) is 2. The number of nitrogen functional groups attached to an aromatic ring is 1. The van der Waals surface area contributed by atoms with E-state index in [1.54, 1.807) is 18.2 Å². The predicted molar refractivity (Wildman–Crippen MR) is 121 cm³/mol. The van der Waals surface area contributed by atoms with Crippen LogP contribution in [0.4, 0.5) is 20.2 Å². The van der Waals surface area contributed by atoms with Crippen molar-refractivity contribution in [3.8, 4) is 11.3 Å². The number of halogens is 2. The van der Waals surface area contributed by atoms with E-state index in [0.29, 0.717) is 16.8 Å². The van der Waals surface area contributed by atoms with Crippen molar-refractivity contribution < 1.29 is 28.0 Å². The number of amides is 4. The molecule has 36 heavy (non-hydrogen) atoms. The average Bonchev–Trinajstić information content (AvgIpc) is 3.42. The Balaban J connectivity index is 1.29. The molecule has 3 heterocycles. The van der Waals surface area contributed by atoms with E-state index in [0.717, 1.165) is 12.1 Å². The van der Waals surface area contributed by atoms with Gasteiger partial charge in [0, 0.05) is 35.3 Å². The molecule has 0 saturated carbocycles. The monoisotopic (exact) mass is 495 g/mol. The Bertz CT molecular complexity index is 1410. The standard InChI is InChI=1S/C23H19F2N7O4/c24-14-6-11(7-15(25)21(14)26)17-9-31(30-29-17)10-20(34)27-16-3-1-2-12-13(16)8-32(23(12)36)18-4-5-19(33)28-22(18)35/h1-3,6-7,9,18H,4-5,8,10,26H2,(H,27,34)(H,28,33,35). The summed E-state index contributed by atoms with van der Waals surface area (Å²) in [7, 11) is 0. The van der Waals surface area contributed by atoms with E-state index in [2.05, 4.69) is 20.9 Å². The summed E-state index contributed by atoms with van der Waals surface area (Å²) in [5.74, 6) is -3.62. The molecule has 0 aliphatic carbocycles. The van der Waals surface area contributed by atoms with Crippen molar-refractivity contribution in [2.45, 2.75) is 32.0 Å². The second kappa shape index (κ2) is 8.83. The third-order valence-electron chi connectivity index (χ3n) is 6.08. The summed E-state index contributed by atoms with van der Waals surface area (Å²) in [5.41, 5.74) is 6.23. The van der Waals surface area contributed by atoms with Crippen LogP contribution < -0.4 is 16.4 Å². The first-order chi connectivity index (χ1) is 17.2. The van der Waals surface area contributed by atoms with Crippen LogP contribution >= 0.6 is 0 Å². The van der Waals surface area contributed by atoms with Gasteiger partial charge in [0.15, 0.2) is 0 Å². The van der Waals surface area contributed by atoms with Crippen LogP contribution in [-0.4, -0.2) is 49.6 Å². The van der Waals surface area contributed by atoms with Crippen molar-refractivity contribution in [3.05, 3.63) is 59.3 Å². The van der Waals surface area contributed by atoms with Crippen LogP contribution in [0.5, 0.6) is 0 Å². The largest absolute Gasteiger partial charge is 0.394 e. The summed E-state index contributed by atoms with van der Waals surface area (Å²) < 4.78 is 28.7. The molecule has 2 aliphatic rings. The Labute approximate surface area is 202 Å². The minimum Gasteiger partial charge on any atom is -0.394 e. The van der Waals surface area contributed by atoms with Crippen LogP contribution in [0.15, 0.2) is 36.5 Å². The molecule has 184 valence electrons. The molecule has 4 N–H and O–H groups in total. The molecule has 1 aromatic heterocycles. The van der Waals surface area contributed by atoms with Crippen molar-refractivity contribution in [1.82, 2.24) is 25.2 Å². The molecular weight excluding hydrogens is 476 g/mol. The lowest BCUT2D eigenvalue weighted by Crippen LogP contribution is -2.52. The van der Waals surface area contributed by atoms with Gasteiger partial charge in [-0.1, -0.05) is 11.3 Å². The first kappa shape index (κ1) is 23.1. The second-order valence-corrected chi connectivity index (χ2v) is 8.43. The van der Waals surface area contributed by atoms with Crippen LogP contribution in [-0.2, 0) is 27.5 Å². The normalized spacial score (nSPS) is 17.2. The molecular formula is C23H19F2N7O4. The van der Waals surface area contributed by atoms with Crippen LogP contribution in [0.25, 0.3) is 11.3 Å². The van der Waals surface area contributed by atoms with E-state index in [4.69, 9.17) is 5.73 Å². The molecule has 0 bridgehead atoms. The van der Waals surface area contributed by atoms with Crippen LogP contribution in [0, 0.1) is 11.6 Å². The number of fused-ring (bicyclic) bond motifs is 1. The lowest BCUT2D eigenvalue weighted by Gasteiger charge is -2.29. The minimum atomic E-state index is -0.934. The van der Waals surface area contributed by atoms with Gasteiger partial charge in [-0.3, -0.25) is 24.5 Å². The van der Waals surface area contributed by atoms with E-state index in [9.17, 15) is 28.0 Å². The zero-order valence-corrected chi connectivity index (χ0v) is 18.6. The first-order valence-corrected chi connectivity index (χ1v) is 10.9. The molecule has 0 radical (unpaired) electrons. The number of hydrogen-bond donors (Lipinski definition) is 3. The number of benzene rings is 2. The van der Waals surface area contributed by atoms with Gasteiger partial charge in [-0.05, 0) is 30.7 Å². The smallest absolute Gasteiger partial charge is 0.255 e. The lowest BCUT2D eigenvalue weighted by atomic mass is 10.0. The topological polar surface area (TPSA) is 152 Å². The predicted octanol–water partition coefficient (Wildman–Crippen LogP) is 1.21.